The van der Waals surface area contributed by atoms with Crippen molar-refractivity contribution in [3.63, 3.8) is 0 Å². The van der Waals surface area contributed by atoms with Crippen LogP contribution in [0.1, 0.15) is 5.56 Å². The number of halogens is 3. The van der Waals surface area contributed by atoms with Gasteiger partial charge in [-0.15, -0.1) is 0 Å². The summed E-state index contributed by atoms with van der Waals surface area (Å²) in [6.07, 6.45) is -2.88. The van der Waals surface area contributed by atoms with Crippen LogP contribution in [0.15, 0.2) is 63.3 Å². The van der Waals surface area contributed by atoms with Crippen molar-refractivity contribution in [3.05, 3.63) is 64.4 Å². The number of aromatic nitrogens is 1. The number of methoxy groups -OCH3 is 1. The predicted octanol–water partition coefficient (Wildman–Crippen LogP) is 4.18. The van der Waals surface area contributed by atoms with E-state index in [-0.39, 0.29) is 5.82 Å². The zero-order valence-electron chi connectivity index (χ0n) is 18.8. The lowest BCUT2D eigenvalue weighted by Gasteiger charge is -2.26. The van der Waals surface area contributed by atoms with E-state index in [1.54, 1.807) is 61.8 Å². The molecule has 1 aliphatic rings. The lowest BCUT2D eigenvalue weighted by Crippen LogP contribution is -2.35. The molecule has 182 valence electrons. The molecule has 0 bridgehead atoms. The largest absolute Gasteiger partial charge is 0.497 e. The smallest absolute Gasteiger partial charge is 0.411 e. The van der Waals surface area contributed by atoms with E-state index in [2.05, 4.69) is 15.3 Å². The zero-order valence-corrected chi connectivity index (χ0v) is 18.8. The number of fused-ring (bicyclic) bond motifs is 1. The fourth-order valence-corrected chi connectivity index (χ4v) is 3.61. The van der Waals surface area contributed by atoms with Crippen molar-refractivity contribution in [1.29, 1.82) is 0 Å². The number of nitrogen functional groups attached to an aromatic ring is 1. The normalized spacial score (nSPS) is 15.2. The first kappa shape index (κ1) is 24.0. The molecule has 8 nitrogen and oxygen atoms in total. The lowest BCUT2D eigenvalue weighted by atomic mass is 10.0. The second kappa shape index (κ2) is 9.63. The Hall–Kier alpha value is -4.12. The Morgan fingerprint density at radius 1 is 1.20 bits per heavy atom. The molecule has 35 heavy (non-hydrogen) atoms. The Labute approximate surface area is 198 Å². The number of anilines is 2. The molecule has 0 aliphatic carbocycles. The number of nitrogens with zero attached hydrogens (tertiary/aromatic N) is 3. The van der Waals surface area contributed by atoms with Crippen molar-refractivity contribution < 1.29 is 22.6 Å². The van der Waals surface area contributed by atoms with Gasteiger partial charge in [-0.2, -0.15) is 13.2 Å². The van der Waals surface area contributed by atoms with Crippen LogP contribution in [0.2, 0.25) is 0 Å². The van der Waals surface area contributed by atoms with Gasteiger partial charge in [-0.1, -0.05) is 6.07 Å². The van der Waals surface area contributed by atoms with E-state index < -0.39 is 24.6 Å². The molecule has 2 heterocycles. The number of nitrogens with two attached hydrogens (primary N) is 1. The van der Waals surface area contributed by atoms with Crippen molar-refractivity contribution in [2.75, 3.05) is 31.8 Å². The topological polar surface area (TPSA) is 103 Å². The van der Waals surface area contributed by atoms with Gasteiger partial charge in [0.05, 0.1) is 19.0 Å². The Bertz CT molecular complexity index is 1350. The summed E-state index contributed by atoms with van der Waals surface area (Å²) in [6.45, 7) is -1.47. The minimum atomic E-state index is -4.51. The number of rotatable bonds is 6. The maximum atomic E-state index is 13.7. The van der Waals surface area contributed by atoms with Gasteiger partial charge in [-0.25, -0.2) is 0 Å². The zero-order chi connectivity index (χ0) is 25.2. The molecular formula is C24H22F3N5O3. The molecule has 2 aromatic carbocycles. The van der Waals surface area contributed by atoms with Gasteiger partial charge in [0.2, 0.25) is 0 Å². The van der Waals surface area contributed by atoms with Crippen LogP contribution in [-0.4, -0.2) is 50.2 Å². The number of hydrogen-bond donors (Lipinski definition) is 2. The monoisotopic (exact) mass is 485 g/mol. The Kier molecular flexibility index (Phi) is 6.61. The fraction of sp³-hybridized carbons (Fsp3) is 0.208. The van der Waals surface area contributed by atoms with Gasteiger partial charge in [-0.3, -0.25) is 19.3 Å². The number of hydrogen-bond acceptors (Lipinski definition) is 7. The molecule has 0 amide bonds. The van der Waals surface area contributed by atoms with Crippen LogP contribution < -0.4 is 21.3 Å². The van der Waals surface area contributed by atoms with Gasteiger partial charge < -0.3 is 20.5 Å². The second-order valence-electron chi connectivity index (χ2n) is 7.63. The number of alkyl halides is 3. The molecule has 0 saturated heterocycles. The molecule has 0 radical (unpaired) electrons. The summed E-state index contributed by atoms with van der Waals surface area (Å²) in [4.78, 5) is 22.0. The number of aliphatic imine (C=N–C) groups is 2. The SMILES string of the molecule is CN=Cc1cc(-c2cc3c(n(-c4ccc(OC)cc4)c2=O)NC(OCC(F)(F)F)C=N3)ccc1N. The molecule has 0 fully saturated rings. The van der Waals surface area contributed by atoms with E-state index >= 15 is 0 Å². The van der Waals surface area contributed by atoms with Crippen LogP contribution >= 0.6 is 0 Å². The number of benzene rings is 2. The lowest BCUT2D eigenvalue weighted by molar-refractivity contribution is -0.176. The number of pyridine rings is 1. The fourth-order valence-electron chi connectivity index (χ4n) is 3.61. The molecule has 1 atom stereocenters. The van der Waals surface area contributed by atoms with E-state index in [4.69, 9.17) is 15.2 Å². The number of nitrogens with one attached hydrogen (secondary N) is 1. The summed E-state index contributed by atoms with van der Waals surface area (Å²) in [5.74, 6) is 0.774. The van der Waals surface area contributed by atoms with Crippen LogP contribution in [0.3, 0.4) is 0 Å². The van der Waals surface area contributed by atoms with Gasteiger partial charge in [0.15, 0.2) is 6.23 Å². The van der Waals surface area contributed by atoms with E-state index in [0.717, 1.165) is 0 Å². The molecule has 3 aromatic rings. The standard InChI is InChI=1S/C24H22F3N5O3/c1-29-11-15-9-14(3-8-19(15)28)18-10-20-22(31-21(12-30-20)35-13-24(25,26)27)32(23(18)33)16-4-6-17(34-2)7-5-16/h3-12,21,31H,13,28H2,1-2H3. The van der Waals surface area contributed by atoms with Crippen LogP contribution in [-0.2, 0) is 4.74 Å². The van der Waals surface area contributed by atoms with Gasteiger partial charge in [-0.05, 0) is 48.0 Å². The Balaban J connectivity index is 1.87. The quantitative estimate of drug-likeness (QED) is 0.403. The highest BCUT2D eigenvalue weighted by atomic mass is 19.4. The van der Waals surface area contributed by atoms with Crippen molar-refractivity contribution in [2.24, 2.45) is 9.98 Å². The summed E-state index contributed by atoms with van der Waals surface area (Å²) in [5.41, 5.74) is 8.43. The second-order valence-corrected chi connectivity index (χ2v) is 7.63. The molecule has 1 unspecified atom stereocenters. The first-order valence-corrected chi connectivity index (χ1v) is 10.5. The van der Waals surface area contributed by atoms with Gasteiger partial charge >= 0.3 is 6.18 Å². The predicted molar refractivity (Wildman–Crippen MR) is 130 cm³/mol. The minimum absolute atomic E-state index is 0.199. The van der Waals surface area contributed by atoms with Crippen LogP contribution in [0.25, 0.3) is 16.8 Å². The summed E-state index contributed by atoms with van der Waals surface area (Å²) in [6, 6.07) is 13.3. The third-order valence-corrected chi connectivity index (χ3v) is 5.23. The Morgan fingerprint density at radius 3 is 2.60 bits per heavy atom. The maximum absolute atomic E-state index is 13.7. The van der Waals surface area contributed by atoms with Crippen LogP contribution in [0.4, 0.5) is 30.4 Å². The summed E-state index contributed by atoms with van der Waals surface area (Å²) in [7, 11) is 3.13. The van der Waals surface area contributed by atoms with Crippen LogP contribution in [0, 0.1) is 0 Å². The van der Waals surface area contributed by atoms with E-state index in [1.165, 1.54) is 17.9 Å². The average Bonchev–Trinajstić information content (AvgIpc) is 2.83. The Morgan fingerprint density at radius 2 is 1.94 bits per heavy atom. The summed E-state index contributed by atoms with van der Waals surface area (Å²) in [5, 5.41) is 2.84. The maximum Gasteiger partial charge on any atom is 0.411 e. The van der Waals surface area contributed by atoms with Crippen LogP contribution in [0.5, 0.6) is 5.75 Å². The first-order valence-electron chi connectivity index (χ1n) is 10.5. The molecular weight excluding hydrogens is 463 g/mol. The summed E-state index contributed by atoms with van der Waals surface area (Å²) < 4.78 is 49.4. The van der Waals surface area contributed by atoms with Gasteiger partial charge in [0.1, 0.15) is 23.9 Å². The van der Waals surface area contributed by atoms with Gasteiger partial charge in [0.25, 0.3) is 5.56 Å². The third kappa shape index (κ3) is 5.19. The molecule has 0 spiro atoms. The van der Waals surface area contributed by atoms with E-state index in [0.29, 0.717) is 39.5 Å². The molecule has 0 saturated carbocycles. The average molecular weight is 485 g/mol. The minimum Gasteiger partial charge on any atom is -0.497 e. The van der Waals surface area contributed by atoms with Crippen molar-refractivity contribution in [1.82, 2.24) is 4.57 Å². The molecule has 1 aromatic heterocycles. The van der Waals surface area contributed by atoms with E-state index in [1.807, 2.05) is 0 Å². The highest BCUT2D eigenvalue weighted by molar-refractivity contribution is 5.90. The van der Waals surface area contributed by atoms with Crippen molar-refractivity contribution in [3.8, 4) is 22.6 Å². The van der Waals surface area contributed by atoms with Gasteiger partial charge in [0, 0.05) is 30.1 Å². The molecule has 4 rings (SSSR count). The molecule has 1 aliphatic heterocycles. The van der Waals surface area contributed by atoms with E-state index in [9.17, 15) is 18.0 Å². The molecule has 3 N–H and O–H groups in total. The van der Waals surface area contributed by atoms with Crippen molar-refractivity contribution >= 4 is 29.6 Å². The summed E-state index contributed by atoms with van der Waals surface area (Å²) >= 11 is 0. The number of ether oxygens (including phenoxy) is 2. The highest BCUT2D eigenvalue weighted by Gasteiger charge is 2.30. The van der Waals surface area contributed by atoms with Crippen molar-refractivity contribution in [2.45, 2.75) is 12.4 Å². The first-order chi connectivity index (χ1) is 16.7. The third-order valence-electron chi connectivity index (χ3n) is 5.23. The molecule has 11 heteroatoms. The highest BCUT2D eigenvalue weighted by Crippen LogP contribution is 2.34.